The minimum absolute atomic E-state index is 0.00785. The Balaban J connectivity index is 2.03. The number of benzene rings is 1. The van der Waals surface area contributed by atoms with Crippen molar-refractivity contribution in [1.29, 1.82) is 0 Å². The maximum atomic E-state index is 13.5. The van der Waals surface area contributed by atoms with Gasteiger partial charge in [-0.05, 0) is 24.8 Å². The van der Waals surface area contributed by atoms with Crippen molar-refractivity contribution in [2.24, 2.45) is 0 Å². The van der Waals surface area contributed by atoms with Crippen LogP contribution in [-0.2, 0) is 21.6 Å². The number of carbonyl (C=O) groups is 2. The molecule has 1 aliphatic rings. The van der Waals surface area contributed by atoms with E-state index in [1.165, 1.54) is 16.8 Å². The number of carbonyl (C=O) groups excluding carboxylic acids is 1. The van der Waals surface area contributed by atoms with Crippen molar-refractivity contribution in [3.8, 4) is 0 Å². The predicted molar refractivity (Wildman–Crippen MR) is 125 cm³/mol. The van der Waals surface area contributed by atoms with Crippen LogP contribution in [0.1, 0.15) is 36.7 Å². The van der Waals surface area contributed by atoms with E-state index in [9.17, 15) is 19.5 Å². The standard InChI is InChI=1S/C25H27N3O5/c1-4-12-25(13-5-2)15-19(22(30)31)28-21(29)20(16-26-23(25)28)27(14-6-3)24(32)33-17-18-10-8-7-9-11-18/h4-11,16,19H,1-3,12-15,17H2,(H,30,31)/t19-/m0/s1. The number of ether oxygens (including phenoxy) is 1. The van der Waals surface area contributed by atoms with Gasteiger partial charge in [-0.1, -0.05) is 48.6 Å². The number of amides is 1. The first-order chi connectivity index (χ1) is 15.9. The summed E-state index contributed by atoms with van der Waals surface area (Å²) in [7, 11) is 0. The van der Waals surface area contributed by atoms with Crippen LogP contribution in [-0.4, -0.2) is 33.3 Å². The summed E-state index contributed by atoms with van der Waals surface area (Å²) >= 11 is 0. The Morgan fingerprint density at radius 1 is 1.18 bits per heavy atom. The predicted octanol–water partition coefficient (Wildman–Crippen LogP) is 3.99. The topological polar surface area (TPSA) is 102 Å². The number of carboxylic acid groups (broad SMARTS) is 1. The summed E-state index contributed by atoms with van der Waals surface area (Å²) in [6.45, 7) is 11.2. The van der Waals surface area contributed by atoms with Gasteiger partial charge in [-0.25, -0.2) is 14.6 Å². The maximum absolute atomic E-state index is 13.5. The molecule has 0 aliphatic carbocycles. The number of fused-ring (bicyclic) bond motifs is 1. The molecule has 1 N–H and O–H groups in total. The van der Waals surface area contributed by atoms with Crippen LogP contribution in [0.3, 0.4) is 0 Å². The number of aromatic nitrogens is 2. The number of carboxylic acids is 1. The third-order valence-electron chi connectivity index (χ3n) is 5.73. The van der Waals surface area contributed by atoms with E-state index in [0.29, 0.717) is 18.7 Å². The van der Waals surface area contributed by atoms with Crippen molar-refractivity contribution in [3.63, 3.8) is 0 Å². The minimum Gasteiger partial charge on any atom is -0.480 e. The third-order valence-corrected chi connectivity index (χ3v) is 5.73. The van der Waals surface area contributed by atoms with E-state index in [-0.39, 0.29) is 25.3 Å². The van der Waals surface area contributed by atoms with Gasteiger partial charge in [0, 0.05) is 12.0 Å². The fraction of sp³-hybridized carbons (Fsp3) is 0.280. The van der Waals surface area contributed by atoms with Crippen LogP contribution in [0.2, 0.25) is 0 Å². The molecule has 1 aliphatic heterocycles. The van der Waals surface area contributed by atoms with Crippen LogP contribution in [0.15, 0.2) is 79.3 Å². The number of hydrogen-bond acceptors (Lipinski definition) is 5. The lowest BCUT2D eigenvalue weighted by atomic mass is 9.78. The number of hydrogen-bond donors (Lipinski definition) is 1. The van der Waals surface area contributed by atoms with Crippen LogP contribution < -0.4 is 10.5 Å². The Labute approximate surface area is 192 Å². The molecule has 33 heavy (non-hydrogen) atoms. The van der Waals surface area contributed by atoms with E-state index in [0.717, 1.165) is 10.5 Å². The van der Waals surface area contributed by atoms with Gasteiger partial charge in [-0.15, -0.1) is 19.7 Å². The van der Waals surface area contributed by atoms with Crippen molar-refractivity contribution >= 4 is 17.7 Å². The van der Waals surface area contributed by atoms with E-state index >= 15 is 0 Å². The van der Waals surface area contributed by atoms with Gasteiger partial charge in [0.15, 0.2) is 0 Å². The quantitative estimate of drug-likeness (QED) is 0.550. The zero-order chi connectivity index (χ0) is 24.0. The van der Waals surface area contributed by atoms with Crippen LogP contribution in [0.5, 0.6) is 0 Å². The third kappa shape index (κ3) is 4.64. The molecule has 1 amide bonds. The highest BCUT2D eigenvalue weighted by molar-refractivity contribution is 5.87. The Kier molecular flexibility index (Phi) is 7.27. The summed E-state index contributed by atoms with van der Waals surface area (Å²) in [5.41, 5.74) is -0.615. The fourth-order valence-electron chi connectivity index (χ4n) is 4.26. The molecule has 1 atom stereocenters. The summed E-state index contributed by atoms with van der Waals surface area (Å²) in [5.74, 6) is -0.797. The van der Waals surface area contributed by atoms with E-state index in [1.54, 1.807) is 12.2 Å². The average Bonchev–Trinajstić information content (AvgIpc) is 3.13. The molecular formula is C25H27N3O5. The lowest BCUT2D eigenvalue weighted by Crippen LogP contribution is -2.39. The van der Waals surface area contributed by atoms with Gasteiger partial charge < -0.3 is 9.84 Å². The van der Waals surface area contributed by atoms with Crippen molar-refractivity contribution in [2.75, 3.05) is 11.4 Å². The highest BCUT2D eigenvalue weighted by atomic mass is 16.6. The number of nitrogens with zero attached hydrogens (tertiary/aromatic N) is 3. The van der Waals surface area contributed by atoms with Crippen LogP contribution in [0.4, 0.5) is 10.5 Å². The summed E-state index contributed by atoms with van der Waals surface area (Å²) in [6.07, 6.45) is 6.40. The molecule has 0 spiro atoms. The summed E-state index contributed by atoms with van der Waals surface area (Å²) in [6, 6.07) is 8.01. The summed E-state index contributed by atoms with van der Waals surface area (Å²) in [4.78, 5) is 44.0. The molecule has 1 aromatic carbocycles. The van der Waals surface area contributed by atoms with Gasteiger partial charge in [-0.3, -0.25) is 14.3 Å². The zero-order valence-corrected chi connectivity index (χ0v) is 18.4. The molecular weight excluding hydrogens is 422 g/mol. The normalized spacial score (nSPS) is 15.8. The smallest absolute Gasteiger partial charge is 0.415 e. The average molecular weight is 450 g/mol. The van der Waals surface area contributed by atoms with Crippen molar-refractivity contribution in [3.05, 3.63) is 96.2 Å². The Hall–Kier alpha value is -3.94. The monoisotopic (exact) mass is 449 g/mol. The second kappa shape index (κ2) is 10.1. The van der Waals surface area contributed by atoms with Gasteiger partial charge in [0.2, 0.25) is 0 Å². The van der Waals surface area contributed by atoms with Gasteiger partial charge in [0.1, 0.15) is 24.2 Å². The largest absolute Gasteiger partial charge is 0.480 e. The van der Waals surface area contributed by atoms with Crippen molar-refractivity contribution in [1.82, 2.24) is 9.55 Å². The van der Waals surface area contributed by atoms with Gasteiger partial charge in [0.05, 0.1) is 6.20 Å². The zero-order valence-electron chi connectivity index (χ0n) is 18.4. The summed E-state index contributed by atoms with van der Waals surface area (Å²) < 4.78 is 6.56. The highest BCUT2D eigenvalue weighted by Crippen LogP contribution is 2.45. The van der Waals surface area contributed by atoms with E-state index in [4.69, 9.17) is 4.74 Å². The molecule has 2 aromatic rings. The number of anilines is 1. The van der Waals surface area contributed by atoms with Crippen molar-refractivity contribution < 1.29 is 19.4 Å². The first kappa shape index (κ1) is 23.7. The molecule has 0 radical (unpaired) electrons. The van der Waals surface area contributed by atoms with E-state index in [2.05, 4.69) is 24.7 Å². The Morgan fingerprint density at radius 2 is 1.85 bits per heavy atom. The first-order valence-electron chi connectivity index (χ1n) is 10.5. The highest BCUT2D eigenvalue weighted by Gasteiger charge is 2.47. The molecule has 172 valence electrons. The molecule has 0 bridgehead atoms. The molecule has 8 heteroatoms. The van der Waals surface area contributed by atoms with Gasteiger partial charge in [-0.2, -0.15) is 0 Å². The van der Waals surface area contributed by atoms with Gasteiger partial charge in [0.25, 0.3) is 5.56 Å². The molecule has 0 fully saturated rings. The van der Waals surface area contributed by atoms with Crippen LogP contribution in [0, 0.1) is 0 Å². The SMILES string of the molecule is C=CCN(C(=O)OCc1ccccc1)c1cnc2n(c1=O)[C@H](C(=O)O)CC2(CC=C)CC=C. The second-order valence-corrected chi connectivity index (χ2v) is 7.91. The maximum Gasteiger partial charge on any atom is 0.415 e. The number of rotatable bonds is 10. The lowest BCUT2D eigenvalue weighted by molar-refractivity contribution is -0.141. The van der Waals surface area contributed by atoms with Crippen LogP contribution >= 0.6 is 0 Å². The number of aliphatic carboxylic acids is 1. The van der Waals surface area contributed by atoms with E-state index < -0.39 is 29.1 Å². The molecule has 1 aromatic heterocycles. The van der Waals surface area contributed by atoms with Crippen LogP contribution in [0.25, 0.3) is 0 Å². The molecule has 0 saturated heterocycles. The first-order valence-corrected chi connectivity index (χ1v) is 10.5. The molecule has 0 unspecified atom stereocenters. The summed E-state index contributed by atoms with van der Waals surface area (Å²) in [5, 5.41) is 9.84. The Morgan fingerprint density at radius 3 is 2.42 bits per heavy atom. The van der Waals surface area contributed by atoms with Gasteiger partial charge >= 0.3 is 12.1 Å². The minimum atomic E-state index is -1.14. The fourth-order valence-corrected chi connectivity index (χ4v) is 4.26. The molecule has 2 heterocycles. The lowest BCUT2D eigenvalue weighted by Gasteiger charge is -2.26. The second-order valence-electron chi connectivity index (χ2n) is 7.91. The van der Waals surface area contributed by atoms with Crippen molar-refractivity contribution in [2.45, 2.75) is 37.3 Å². The Bertz CT molecular complexity index is 1110. The molecule has 8 nitrogen and oxygen atoms in total. The molecule has 3 rings (SSSR count). The van der Waals surface area contributed by atoms with E-state index in [1.807, 2.05) is 30.3 Å². The molecule has 0 saturated carbocycles. The number of allylic oxidation sites excluding steroid dienone is 2.